The van der Waals surface area contributed by atoms with Crippen LogP contribution >= 0.6 is 23.2 Å². The zero-order valence-electron chi connectivity index (χ0n) is 10.1. The van der Waals surface area contributed by atoms with Gasteiger partial charge in [-0.2, -0.15) is 0 Å². The molecule has 4 nitrogen and oxygen atoms in total. The summed E-state index contributed by atoms with van der Waals surface area (Å²) in [5.41, 5.74) is 0.414. The SMILES string of the molecule is O=C(Nc1c(Cl)cncc1Cl)c1ccccc1OCF. The van der Waals surface area contributed by atoms with Crippen LogP contribution in [0.2, 0.25) is 10.0 Å². The van der Waals surface area contributed by atoms with Gasteiger partial charge in [0.25, 0.3) is 5.91 Å². The molecule has 7 heteroatoms. The summed E-state index contributed by atoms with van der Waals surface area (Å²) in [6, 6.07) is 6.26. The second-order valence-electron chi connectivity index (χ2n) is 3.68. The summed E-state index contributed by atoms with van der Waals surface area (Å²) < 4.78 is 17.0. The van der Waals surface area contributed by atoms with E-state index in [1.807, 2.05) is 0 Å². The topological polar surface area (TPSA) is 51.2 Å². The van der Waals surface area contributed by atoms with E-state index in [1.54, 1.807) is 12.1 Å². The van der Waals surface area contributed by atoms with E-state index >= 15 is 0 Å². The van der Waals surface area contributed by atoms with Gasteiger partial charge in [0.15, 0.2) is 0 Å². The van der Waals surface area contributed by atoms with Gasteiger partial charge >= 0.3 is 0 Å². The number of aromatic nitrogens is 1. The molecule has 0 aliphatic heterocycles. The number of rotatable bonds is 4. The van der Waals surface area contributed by atoms with Gasteiger partial charge in [-0.15, -0.1) is 0 Å². The number of nitrogens with one attached hydrogen (secondary N) is 1. The van der Waals surface area contributed by atoms with Gasteiger partial charge in [0.05, 0.1) is 21.3 Å². The number of carbonyl (C=O) groups excluding carboxylic acids is 1. The van der Waals surface area contributed by atoms with Gasteiger partial charge in [-0.05, 0) is 12.1 Å². The van der Waals surface area contributed by atoms with Gasteiger partial charge in [-0.25, -0.2) is 4.39 Å². The normalized spacial score (nSPS) is 10.2. The molecule has 1 amide bonds. The maximum atomic E-state index is 12.3. The van der Waals surface area contributed by atoms with E-state index < -0.39 is 12.8 Å². The zero-order valence-corrected chi connectivity index (χ0v) is 11.6. The van der Waals surface area contributed by atoms with E-state index in [-0.39, 0.29) is 27.0 Å². The first kappa shape index (κ1) is 14.6. The number of nitrogens with zero attached hydrogens (tertiary/aromatic N) is 1. The molecule has 1 heterocycles. The first-order chi connectivity index (χ1) is 9.63. The van der Waals surface area contributed by atoms with Crippen molar-refractivity contribution in [2.45, 2.75) is 0 Å². The van der Waals surface area contributed by atoms with Crippen molar-refractivity contribution in [1.82, 2.24) is 4.98 Å². The first-order valence-corrected chi connectivity index (χ1v) is 6.27. The lowest BCUT2D eigenvalue weighted by Gasteiger charge is -2.11. The van der Waals surface area contributed by atoms with Crippen LogP contribution < -0.4 is 10.1 Å². The molecule has 2 rings (SSSR count). The predicted molar refractivity (Wildman–Crippen MR) is 75.3 cm³/mol. The van der Waals surface area contributed by atoms with Crippen molar-refractivity contribution >= 4 is 34.8 Å². The van der Waals surface area contributed by atoms with Gasteiger partial charge in [-0.3, -0.25) is 9.78 Å². The Bertz CT molecular complexity index is 617. The smallest absolute Gasteiger partial charge is 0.259 e. The van der Waals surface area contributed by atoms with E-state index in [0.717, 1.165) is 0 Å². The Morgan fingerprint density at radius 3 is 2.55 bits per heavy atom. The fraction of sp³-hybridized carbons (Fsp3) is 0.0769. The lowest BCUT2D eigenvalue weighted by molar-refractivity contribution is 0.101. The summed E-state index contributed by atoms with van der Waals surface area (Å²) >= 11 is 11.8. The van der Waals surface area contributed by atoms with E-state index in [1.165, 1.54) is 24.5 Å². The molecule has 0 spiro atoms. The second kappa shape index (κ2) is 6.54. The molecule has 1 N–H and O–H groups in total. The number of pyridine rings is 1. The summed E-state index contributed by atoms with van der Waals surface area (Å²) in [6.45, 7) is -1.03. The summed E-state index contributed by atoms with van der Waals surface area (Å²) in [4.78, 5) is 15.9. The van der Waals surface area contributed by atoms with Crippen LogP contribution in [0, 0.1) is 0 Å². The highest BCUT2D eigenvalue weighted by Gasteiger charge is 2.15. The van der Waals surface area contributed by atoms with Gasteiger partial charge in [0.2, 0.25) is 6.86 Å². The quantitative estimate of drug-likeness (QED) is 0.929. The number of ether oxygens (including phenoxy) is 1. The molecule has 0 saturated carbocycles. The van der Waals surface area contributed by atoms with Crippen molar-refractivity contribution in [3.63, 3.8) is 0 Å². The van der Waals surface area contributed by atoms with Crippen LogP contribution in [0.3, 0.4) is 0 Å². The number of anilines is 1. The van der Waals surface area contributed by atoms with Crippen LogP contribution in [0.15, 0.2) is 36.7 Å². The average Bonchev–Trinajstić information content (AvgIpc) is 2.44. The minimum Gasteiger partial charge on any atom is -0.462 e. The Balaban J connectivity index is 2.29. The number of hydrogen-bond donors (Lipinski definition) is 1. The summed E-state index contributed by atoms with van der Waals surface area (Å²) in [6.07, 6.45) is 2.71. The highest BCUT2D eigenvalue weighted by atomic mass is 35.5. The van der Waals surface area contributed by atoms with Crippen molar-refractivity contribution in [3.8, 4) is 5.75 Å². The largest absolute Gasteiger partial charge is 0.462 e. The minimum absolute atomic E-state index is 0.133. The zero-order chi connectivity index (χ0) is 14.5. The van der Waals surface area contributed by atoms with Gasteiger partial charge in [0, 0.05) is 12.4 Å². The van der Waals surface area contributed by atoms with E-state index in [4.69, 9.17) is 27.9 Å². The molecule has 2 aromatic rings. The third kappa shape index (κ3) is 3.18. The number of halogens is 3. The molecule has 0 unspecified atom stereocenters. The standard InChI is InChI=1S/C13H9Cl2FN2O2/c14-9-5-17-6-10(15)12(9)18-13(19)8-3-1-2-4-11(8)20-7-16/h1-6H,7H2,(H,17,18,19). The number of amides is 1. The van der Waals surface area contributed by atoms with Crippen molar-refractivity contribution in [2.75, 3.05) is 12.2 Å². The highest BCUT2D eigenvalue weighted by molar-refractivity contribution is 6.39. The maximum Gasteiger partial charge on any atom is 0.259 e. The fourth-order valence-electron chi connectivity index (χ4n) is 1.55. The molecule has 1 aromatic heterocycles. The summed E-state index contributed by atoms with van der Waals surface area (Å²) in [5, 5.41) is 2.96. The molecule has 0 aliphatic carbocycles. The van der Waals surface area contributed by atoms with Gasteiger partial charge in [-0.1, -0.05) is 35.3 Å². The number of para-hydroxylation sites is 1. The Morgan fingerprint density at radius 1 is 1.25 bits per heavy atom. The average molecular weight is 315 g/mol. The van der Waals surface area contributed by atoms with Gasteiger partial charge in [0.1, 0.15) is 5.75 Å². The molecule has 0 atom stereocenters. The van der Waals surface area contributed by atoms with Crippen LogP contribution in [0.5, 0.6) is 5.75 Å². The number of benzene rings is 1. The third-order valence-electron chi connectivity index (χ3n) is 2.43. The third-order valence-corrected chi connectivity index (χ3v) is 3.01. The van der Waals surface area contributed by atoms with Crippen LogP contribution in [0.1, 0.15) is 10.4 Å². The Morgan fingerprint density at radius 2 is 1.90 bits per heavy atom. The number of hydrogen-bond acceptors (Lipinski definition) is 3. The lowest BCUT2D eigenvalue weighted by atomic mass is 10.2. The molecule has 0 fully saturated rings. The molecule has 0 radical (unpaired) electrons. The fourth-order valence-corrected chi connectivity index (χ4v) is 2.01. The Kier molecular flexibility index (Phi) is 4.76. The maximum absolute atomic E-state index is 12.3. The molecule has 20 heavy (non-hydrogen) atoms. The molecule has 0 saturated heterocycles. The van der Waals surface area contributed by atoms with Crippen LogP contribution in [-0.2, 0) is 0 Å². The first-order valence-electron chi connectivity index (χ1n) is 5.51. The molecular formula is C13H9Cl2FN2O2. The Hall–Kier alpha value is -1.85. The molecule has 0 aliphatic rings. The van der Waals surface area contributed by atoms with Crippen molar-refractivity contribution < 1.29 is 13.9 Å². The summed E-state index contributed by atoms with van der Waals surface area (Å²) in [5.74, 6) is -0.377. The van der Waals surface area contributed by atoms with Crippen LogP contribution in [-0.4, -0.2) is 17.8 Å². The van der Waals surface area contributed by atoms with Crippen LogP contribution in [0.4, 0.5) is 10.1 Å². The molecule has 1 aromatic carbocycles. The van der Waals surface area contributed by atoms with E-state index in [2.05, 4.69) is 10.3 Å². The number of alkyl halides is 1. The van der Waals surface area contributed by atoms with E-state index in [0.29, 0.717) is 0 Å². The molecule has 104 valence electrons. The number of carbonyl (C=O) groups is 1. The van der Waals surface area contributed by atoms with Crippen molar-refractivity contribution in [2.24, 2.45) is 0 Å². The minimum atomic E-state index is -1.03. The highest BCUT2D eigenvalue weighted by Crippen LogP contribution is 2.30. The van der Waals surface area contributed by atoms with E-state index in [9.17, 15) is 9.18 Å². The van der Waals surface area contributed by atoms with Crippen molar-refractivity contribution in [1.29, 1.82) is 0 Å². The molecule has 0 bridgehead atoms. The molecular weight excluding hydrogens is 306 g/mol. The van der Waals surface area contributed by atoms with Gasteiger partial charge < -0.3 is 10.1 Å². The summed E-state index contributed by atoms with van der Waals surface area (Å²) in [7, 11) is 0. The Labute approximate surface area is 124 Å². The predicted octanol–water partition coefficient (Wildman–Crippen LogP) is 3.95. The lowest BCUT2D eigenvalue weighted by Crippen LogP contribution is -2.14. The van der Waals surface area contributed by atoms with Crippen molar-refractivity contribution in [3.05, 3.63) is 52.3 Å². The monoisotopic (exact) mass is 314 g/mol. The second-order valence-corrected chi connectivity index (χ2v) is 4.50. The van der Waals surface area contributed by atoms with Crippen LogP contribution in [0.25, 0.3) is 0 Å².